The molecule has 0 N–H and O–H groups in total. The molecule has 0 saturated heterocycles. The van der Waals surface area contributed by atoms with Gasteiger partial charge in [0.1, 0.15) is 0 Å². The average Bonchev–Trinajstić information content (AvgIpc) is 3.71. The molecular formula is C36H38NNaO2S. The summed E-state index contributed by atoms with van der Waals surface area (Å²) in [5.74, 6) is -0.261. The molecule has 0 atom stereocenters. The second kappa shape index (κ2) is 15.6. The van der Waals surface area contributed by atoms with E-state index in [1.165, 1.54) is 33.2 Å². The minimum absolute atomic E-state index is 0. The molecule has 5 rings (SSSR count). The predicted octanol–water partition coefficient (Wildman–Crippen LogP) is 4.76. The summed E-state index contributed by atoms with van der Waals surface area (Å²) in [6.45, 7) is 8.30. The number of nitrogens with zero attached hydrogens (tertiary/aromatic N) is 1. The first kappa shape index (κ1) is 32.9. The van der Waals surface area contributed by atoms with Crippen LogP contribution in [0.4, 0.5) is 0 Å². The van der Waals surface area contributed by atoms with Crippen LogP contribution < -0.4 is 34.7 Å². The van der Waals surface area contributed by atoms with Crippen LogP contribution in [0.25, 0.3) is 28.6 Å². The van der Waals surface area contributed by atoms with Gasteiger partial charge in [0.2, 0.25) is 0 Å². The van der Waals surface area contributed by atoms with E-state index in [1.807, 2.05) is 0 Å². The van der Waals surface area contributed by atoms with Gasteiger partial charge in [-0.1, -0.05) is 85.0 Å². The fourth-order valence-corrected chi connectivity index (χ4v) is 5.31. The van der Waals surface area contributed by atoms with E-state index in [0.29, 0.717) is 5.75 Å². The van der Waals surface area contributed by atoms with E-state index in [0.717, 1.165) is 48.9 Å². The molecule has 3 aromatic carbocycles. The fraction of sp³-hybridized carbons (Fsp3) is 0.278. The number of aliphatic carboxylic acids is 1. The Kier molecular flexibility index (Phi) is 12.5. The van der Waals surface area contributed by atoms with Crippen molar-refractivity contribution in [2.45, 2.75) is 52.4 Å². The van der Waals surface area contributed by atoms with E-state index in [9.17, 15) is 9.90 Å². The topological polar surface area (TPSA) is 53.0 Å². The van der Waals surface area contributed by atoms with E-state index in [4.69, 9.17) is 4.98 Å². The van der Waals surface area contributed by atoms with Gasteiger partial charge in [-0.3, -0.25) is 0 Å². The van der Waals surface area contributed by atoms with Gasteiger partial charge in [-0.2, -0.15) is 12.6 Å². The molecule has 0 bridgehead atoms. The molecule has 1 saturated carbocycles. The van der Waals surface area contributed by atoms with Gasteiger partial charge in [0.05, 0.1) is 11.2 Å². The first-order valence-corrected chi connectivity index (χ1v) is 14.6. The van der Waals surface area contributed by atoms with Crippen LogP contribution in [0.5, 0.6) is 0 Å². The standard InChI is InChI=1S/C30H29N.C6H10O2S.Na/c1-22(2)29-13-5-4-11-26(29)12-7-10-24-8-6-9-25(21-24)15-18-28-19-17-27-16-14-23(3)20-30(27)31-28;7-5(8)3-6(4-9)1-2-6;/h4-6,8-9,11,13-21H,1,7,10,12H2,2-3H3;9H,1-4H2,(H,7,8);/q;;+1/p-1/b18-15+;;. The van der Waals surface area contributed by atoms with E-state index in [-0.39, 0.29) is 41.4 Å². The molecule has 3 nitrogen and oxygen atoms in total. The van der Waals surface area contributed by atoms with E-state index < -0.39 is 5.97 Å². The first-order valence-electron chi connectivity index (χ1n) is 14.0. The number of carbonyl (C=O) groups excluding carboxylic acids is 1. The van der Waals surface area contributed by atoms with Crippen molar-refractivity contribution in [3.8, 4) is 0 Å². The van der Waals surface area contributed by atoms with Crippen LogP contribution >= 0.6 is 12.6 Å². The number of rotatable bonds is 10. The molecule has 1 aliphatic carbocycles. The molecule has 41 heavy (non-hydrogen) atoms. The zero-order valence-corrected chi connectivity index (χ0v) is 27.4. The quantitative estimate of drug-likeness (QED) is 0.221. The number of carboxylic acids is 1. The summed E-state index contributed by atoms with van der Waals surface area (Å²) in [7, 11) is 0. The predicted molar refractivity (Wildman–Crippen MR) is 170 cm³/mol. The molecule has 5 heteroatoms. The minimum atomic E-state index is -0.943. The molecule has 0 amide bonds. The summed E-state index contributed by atoms with van der Waals surface area (Å²) in [5.41, 5.74) is 9.69. The first-order chi connectivity index (χ1) is 19.3. The van der Waals surface area contributed by atoms with Crippen molar-refractivity contribution >= 4 is 47.2 Å². The molecule has 0 radical (unpaired) electrons. The van der Waals surface area contributed by atoms with Gasteiger partial charge in [0.15, 0.2) is 0 Å². The van der Waals surface area contributed by atoms with Crippen LogP contribution in [-0.4, -0.2) is 16.7 Å². The number of benzene rings is 3. The monoisotopic (exact) mass is 571 g/mol. The summed E-state index contributed by atoms with van der Waals surface area (Å²) in [6, 6.07) is 28.0. The van der Waals surface area contributed by atoms with Gasteiger partial charge in [0.25, 0.3) is 0 Å². The van der Waals surface area contributed by atoms with Crippen LogP contribution in [0.15, 0.2) is 85.4 Å². The third-order valence-electron chi connectivity index (χ3n) is 7.47. The van der Waals surface area contributed by atoms with E-state index >= 15 is 0 Å². The van der Waals surface area contributed by atoms with Gasteiger partial charge >= 0.3 is 29.6 Å². The Balaban J connectivity index is 0.000000396. The summed E-state index contributed by atoms with van der Waals surface area (Å²) >= 11 is 4.05. The normalized spacial score (nSPS) is 13.2. The Morgan fingerprint density at radius 2 is 1.76 bits per heavy atom. The van der Waals surface area contributed by atoms with Crippen LogP contribution in [0, 0.1) is 12.3 Å². The van der Waals surface area contributed by atoms with Crippen LogP contribution in [-0.2, 0) is 17.6 Å². The van der Waals surface area contributed by atoms with Crippen molar-refractivity contribution in [1.29, 1.82) is 0 Å². The second-order valence-corrected chi connectivity index (χ2v) is 11.3. The number of allylic oxidation sites excluding steroid dienone is 1. The average molecular weight is 572 g/mol. The molecule has 0 unspecified atom stereocenters. The van der Waals surface area contributed by atoms with Crippen molar-refractivity contribution in [1.82, 2.24) is 4.98 Å². The van der Waals surface area contributed by atoms with Gasteiger partial charge < -0.3 is 9.90 Å². The van der Waals surface area contributed by atoms with Gasteiger partial charge in [-0.05, 0) is 110 Å². The molecule has 4 aromatic rings. The third-order valence-corrected chi connectivity index (χ3v) is 8.14. The number of aromatic nitrogens is 1. The second-order valence-electron chi connectivity index (χ2n) is 11.0. The smallest absolute Gasteiger partial charge is 0.550 e. The van der Waals surface area contributed by atoms with Crippen LogP contribution in [0.1, 0.15) is 66.1 Å². The third kappa shape index (κ3) is 10.0. The van der Waals surface area contributed by atoms with Gasteiger partial charge in [-0.25, -0.2) is 4.98 Å². The SMILES string of the molecule is C=C(C)c1ccccc1CCCc1cccc(/C=C/c2ccc3ccc(C)cc3n2)c1.O=C([O-])CC1(CS)CC1.[Na+]. The largest absolute Gasteiger partial charge is 1.00 e. The maximum atomic E-state index is 10.1. The number of hydrogen-bond donors (Lipinski definition) is 1. The number of aryl methyl sites for hydroxylation is 3. The van der Waals surface area contributed by atoms with Gasteiger partial charge in [-0.15, -0.1) is 0 Å². The maximum absolute atomic E-state index is 10.1. The van der Waals surface area contributed by atoms with Crippen molar-refractivity contribution < 1.29 is 39.5 Å². The number of carboxylic acid groups (broad SMARTS) is 1. The number of carbonyl (C=O) groups is 1. The minimum Gasteiger partial charge on any atom is -0.550 e. The van der Waals surface area contributed by atoms with Crippen molar-refractivity contribution in [2.24, 2.45) is 5.41 Å². The zero-order chi connectivity index (χ0) is 28.5. The molecule has 0 aliphatic heterocycles. The molecule has 206 valence electrons. The van der Waals surface area contributed by atoms with Crippen molar-refractivity contribution in [3.63, 3.8) is 0 Å². The molecule has 1 aliphatic rings. The number of pyridine rings is 1. The maximum Gasteiger partial charge on any atom is 1.00 e. The van der Waals surface area contributed by atoms with Gasteiger partial charge in [0, 0.05) is 11.4 Å². The van der Waals surface area contributed by atoms with Crippen LogP contribution in [0.3, 0.4) is 0 Å². The molecule has 1 heterocycles. The Labute approximate surface area is 272 Å². The molecular weight excluding hydrogens is 533 g/mol. The molecule has 1 aromatic heterocycles. The Morgan fingerprint density at radius 1 is 1.00 bits per heavy atom. The van der Waals surface area contributed by atoms with Crippen molar-refractivity contribution in [2.75, 3.05) is 5.75 Å². The Hall–Kier alpha value is -2.63. The summed E-state index contributed by atoms with van der Waals surface area (Å²) in [4.78, 5) is 14.9. The van der Waals surface area contributed by atoms with E-state index in [1.54, 1.807) is 0 Å². The fourth-order valence-electron chi connectivity index (χ4n) is 4.88. The number of fused-ring (bicyclic) bond motifs is 1. The van der Waals surface area contributed by atoms with Crippen molar-refractivity contribution in [3.05, 3.63) is 119 Å². The Morgan fingerprint density at radius 3 is 2.44 bits per heavy atom. The molecule has 0 spiro atoms. The number of hydrogen-bond acceptors (Lipinski definition) is 4. The number of thiol groups is 1. The summed E-state index contributed by atoms with van der Waals surface area (Å²) in [5, 5.41) is 11.2. The van der Waals surface area contributed by atoms with E-state index in [2.05, 4.69) is 124 Å². The van der Waals surface area contributed by atoms with Crippen LogP contribution in [0.2, 0.25) is 0 Å². The summed E-state index contributed by atoms with van der Waals surface area (Å²) < 4.78 is 0. The Bertz CT molecular complexity index is 1520. The molecule has 1 fully saturated rings. The summed E-state index contributed by atoms with van der Waals surface area (Å²) in [6.07, 6.45) is 9.73. The zero-order valence-electron chi connectivity index (χ0n) is 24.5.